The summed E-state index contributed by atoms with van der Waals surface area (Å²) < 4.78 is 71.1. The van der Waals surface area contributed by atoms with Crippen LogP contribution in [0.3, 0.4) is 0 Å². The van der Waals surface area contributed by atoms with Crippen LogP contribution in [-0.4, -0.2) is 39.2 Å². The van der Waals surface area contributed by atoms with E-state index in [-0.39, 0.29) is 41.7 Å². The fourth-order valence-corrected chi connectivity index (χ4v) is 4.37. The molecule has 0 fully saturated rings. The molecule has 1 aromatic carbocycles. The zero-order valence-corrected chi connectivity index (χ0v) is 17.3. The largest absolute Gasteiger partial charge is 0.574 e. The van der Waals surface area contributed by atoms with Crippen LogP contribution in [0.1, 0.15) is 17.0 Å². The minimum absolute atomic E-state index is 0.0601. The number of nitrogens with one attached hydrogen (secondary N) is 1. The highest BCUT2D eigenvalue weighted by Crippen LogP contribution is 2.43. The smallest absolute Gasteiger partial charge is 0.493 e. The van der Waals surface area contributed by atoms with Crippen LogP contribution in [0.15, 0.2) is 42.9 Å². The van der Waals surface area contributed by atoms with Gasteiger partial charge in [0.05, 0.1) is 19.1 Å². The molecule has 0 saturated heterocycles. The number of alkyl halides is 3. The van der Waals surface area contributed by atoms with Crippen molar-refractivity contribution in [1.29, 1.82) is 0 Å². The lowest BCUT2D eigenvalue weighted by atomic mass is 9.96. The predicted octanol–water partition coefficient (Wildman–Crippen LogP) is 4.31. The first-order chi connectivity index (χ1) is 16.4. The third-order valence-corrected chi connectivity index (χ3v) is 5.79. The highest BCUT2D eigenvalue weighted by molar-refractivity contribution is 5.84. The van der Waals surface area contributed by atoms with Crippen LogP contribution in [0, 0.1) is 5.82 Å². The van der Waals surface area contributed by atoms with Gasteiger partial charge in [-0.25, -0.2) is 9.37 Å². The van der Waals surface area contributed by atoms with Crippen LogP contribution in [0.2, 0.25) is 0 Å². The molecule has 1 unspecified atom stereocenters. The lowest BCUT2D eigenvalue weighted by Gasteiger charge is -2.18. The van der Waals surface area contributed by atoms with Gasteiger partial charge in [-0.15, -0.1) is 23.4 Å². The van der Waals surface area contributed by atoms with Crippen LogP contribution in [0.5, 0.6) is 17.4 Å². The molecule has 4 aromatic rings. The van der Waals surface area contributed by atoms with Crippen LogP contribution < -0.4 is 19.5 Å². The molecule has 0 radical (unpaired) electrons. The number of anilines is 1. The number of benzene rings is 1. The van der Waals surface area contributed by atoms with Crippen LogP contribution in [-0.2, 0) is 6.54 Å². The van der Waals surface area contributed by atoms with Gasteiger partial charge in [-0.1, -0.05) is 0 Å². The summed E-state index contributed by atoms with van der Waals surface area (Å²) in [6.07, 6.45) is -2.33. The second-order valence-corrected chi connectivity index (χ2v) is 7.81. The molecule has 2 aliphatic heterocycles. The van der Waals surface area contributed by atoms with Gasteiger partial charge in [0.25, 0.3) is 0 Å². The van der Waals surface area contributed by atoms with E-state index in [1.54, 1.807) is 16.5 Å². The Labute approximate surface area is 189 Å². The molecule has 0 amide bonds. The Morgan fingerprint density at radius 3 is 2.74 bits per heavy atom. The molecule has 3 aromatic heterocycles. The molecular weight excluding hydrogens is 458 g/mol. The number of aromatic nitrogens is 4. The van der Waals surface area contributed by atoms with Gasteiger partial charge in [-0.2, -0.15) is 0 Å². The SMILES string of the molecule is Fc1ccc2c3c1CNc1c(cc(-c4cccnc4OC(F)(F)F)c4nncn14)OCC3CO2. The number of rotatable bonds is 2. The Morgan fingerprint density at radius 1 is 1.09 bits per heavy atom. The van der Waals surface area contributed by atoms with Gasteiger partial charge in [0.15, 0.2) is 17.2 Å². The van der Waals surface area contributed by atoms with E-state index in [1.807, 2.05) is 0 Å². The van der Waals surface area contributed by atoms with E-state index >= 15 is 0 Å². The van der Waals surface area contributed by atoms with Gasteiger partial charge in [0, 0.05) is 35.0 Å². The van der Waals surface area contributed by atoms with E-state index in [2.05, 4.69) is 25.2 Å². The monoisotopic (exact) mass is 473 g/mol. The second kappa shape index (κ2) is 7.47. The molecule has 2 aliphatic rings. The van der Waals surface area contributed by atoms with Crippen molar-refractivity contribution in [2.24, 2.45) is 0 Å². The second-order valence-electron chi connectivity index (χ2n) is 7.81. The summed E-state index contributed by atoms with van der Waals surface area (Å²) in [7, 11) is 0. The molecule has 1 atom stereocenters. The highest BCUT2D eigenvalue weighted by atomic mass is 19.4. The number of hydrogen-bond donors (Lipinski definition) is 1. The minimum Gasteiger partial charge on any atom is -0.493 e. The third-order valence-electron chi connectivity index (χ3n) is 5.79. The molecular formula is C22H15F4N5O3. The molecule has 1 N–H and O–H groups in total. The van der Waals surface area contributed by atoms with Gasteiger partial charge in [0.1, 0.15) is 17.9 Å². The van der Waals surface area contributed by atoms with Crippen molar-refractivity contribution in [1.82, 2.24) is 19.6 Å². The number of nitrogens with zero attached hydrogens (tertiary/aromatic N) is 4. The van der Waals surface area contributed by atoms with E-state index in [0.717, 1.165) is 5.56 Å². The lowest BCUT2D eigenvalue weighted by Crippen LogP contribution is -2.18. The van der Waals surface area contributed by atoms with Gasteiger partial charge < -0.3 is 19.5 Å². The van der Waals surface area contributed by atoms with E-state index in [9.17, 15) is 17.6 Å². The normalized spacial score (nSPS) is 16.9. The maximum Gasteiger partial charge on any atom is 0.574 e. The van der Waals surface area contributed by atoms with Crippen LogP contribution in [0.25, 0.3) is 16.8 Å². The van der Waals surface area contributed by atoms with Crippen molar-refractivity contribution < 1.29 is 31.8 Å². The first-order valence-corrected chi connectivity index (χ1v) is 10.3. The van der Waals surface area contributed by atoms with E-state index < -0.39 is 12.2 Å². The summed E-state index contributed by atoms with van der Waals surface area (Å²) in [4.78, 5) is 3.75. The van der Waals surface area contributed by atoms with Gasteiger partial charge >= 0.3 is 6.36 Å². The first kappa shape index (κ1) is 20.5. The molecule has 0 bridgehead atoms. The molecule has 12 heteroatoms. The number of fused-ring (bicyclic) bond motifs is 3. The quantitative estimate of drug-likeness (QED) is 0.435. The Hall–Kier alpha value is -4.09. The molecule has 0 saturated carbocycles. The summed E-state index contributed by atoms with van der Waals surface area (Å²) in [6.45, 7) is 0.631. The molecule has 6 rings (SSSR count). The zero-order valence-electron chi connectivity index (χ0n) is 17.3. The molecule has 0 spiro atoms. The number of halogens is 4. The maximum absolute atomic E-state index is 14.7. The fraction of sp³-hybridized carbons (Fsp3) is 0.227. The molecule has 174 valence electrons. The van der Waals surface area contributed by atoms with Crippen molar-refractivity contribution >= 4 is 11.5 Å². The summed E-state index contributed by atoms with van der Waals surface area (Å²) in [5.41, 5.74) is 1.79. The standard InChI is InChI=1S/C22H15F4N5O3/c23-15-3-4-16-18-11(8-32-16)9-33-17-6-13(12-2-1-5-27-21(12)34-22(24,25)26)19-30-29-10-31(19)20(17)28-7-14(15)18/h1-6,10-11,28H,7-9H2. The lowest BCUT2D eigenvalue weighted by molar-refractivity contribution is -0.275. The van der Waals surface area contributed by atoms with E-state index in [4.69, 9.17) is 9.47 Å². The van der Waals surface area contributed by atoms with Crippen molar-refractivity contribution in [2.75, 3.05) is 18.5 Å². The number of ether oxygens (including phenoxy) is 3. The maximum atomic E-state index is 14.7. The fourth-order valence-electron chi connectivity index (χ4n) is 4.37. The first-order valence-electron chi connectivity index (χ1n) is 10.3. The molecule has 5 heterocycles. The van der Waals surface area contributed by atoms with Crippen molar-refractivity contribution in [3.05, 3.63) is 59.8 Å². The van der Waals surface area contributed by atoms with E-state index in [1.165, 1.54) is 30.7 Å². The van der Waals surface area contributed by atoms with Crippen molar-refractivity contribution in [2.45, 2.75) is 18.8 Å². The molecule has 34 heavy (non-hydrogen) atoms. The highest BCUT2D eigenvalue weighted by Gasteiger charge is 2.34. The number of pyridine rings is 2. The summed E-state index contributed by atoms with van der Waals surface area (Å²) in [5, 5.41) is 11.2. The van der Waals surface area contributed by atoms with Crippen molar-refractivity contribution in [3.8, 4) is 28.5 Å². The third kappa shape index (κ3) is 3.33. The number of hydrogen-bond acceptors (Lipinski definition) is 7. The Balaban J connectivity index is 1.50. The van der Waals surface area contributed by atoms with Crippen molar-refractivity contribution in [3.63, 3.8) is 0 Å². The summed E-state index contributed by atoms with van der Waals surface area (Å²) >= 11 is 0. The average Bonchev–Trinajstić information content (AvgIpc) is 3.44. The van der Waals surface area contributed by atoms with E-state index in [0.29, 0.717) is 29.5 Å². The molecule has 8 nitrogen and oxygen atoms in total. The molecule has 0 aliphatic carbocycles. The average molecular weight is 473 g/mol. The zero-order chi connectivity index (χ0) is 23.4. The minimum atomic E-state index is -4.93. The summed E-state index contributed by atoms with van der Waals surface area (Å²) in [6, 6.07) is 7.44. The topological polar surface area (TPSA) is 82.8 Å². The van der Waals surface area contributed by atoms with Crippen LogP contribution >= 0.6 is 0 Å². The Bertz CT molecular complexity index is 1420. The summed E-state index contributed by atoms with van der Waals surface area (Å²) in [5.74, 6) is 0.160. The predicted molar refractivity (Wildman–Crippen MR) is 110 cm³/mol. The van der Waals surface area contributed by atoms with Crippen LogP contribution in [0.4, 0.5) is 23.4 Å². The Kier molecular flexibility index (Phi) is 4.51. The van der Waals surface area contributed by atoms with Gasteiger partial charge in [-0.3, -0.25) is 4.40 Å². The van der Waals surface area contributed by atoms with Gasteiger partial charge in [0.2, 0.25) is 5.88 Å². The Morgan fingerprint density at radius 2 is 1.91 bits per heavy atom. The van der Waals surface area contributed by atoms with Gasteiger partial charge in [-0.05, 0) is 30.3 Å².